The number of nitrogen functional groups attached to an aromatic ring is 1. The van der Waals surface area contributed by atoms with Gasteiger partial charge in [0.2, 0.25) is 10.0 Å². The number of hydrogen-bond donors (Lipinski definition) is 3. The largest absolute Gasteiger partial charge is 0.318 e. The van der Waals surface area contributed by atoms with Crippen molar-refractivity contribution in [2.45, 2.75) is 32.6 Å². The molecule has 0 heterocycles. The summed E-state index contributed by atoms with van der Waals surface area (Å²) >= 11 is 0. The van der Waals surface area contributed by atoms with Gasteiger partial charge < -0.3 is 5.43 Å². The van der Waals surface area contributed by atoms with Gasteiger partial charge in [-0.15, -0.1) is 0 Å². The van der Waals surface area contributed by atoms with Crippen molar-refractivity contribution in [1.29, 1.82) is 0 Å². The van der Waals surface area contributed by atoms with Gasteiger partial charge in [0.1, 0.15) is 5.69 Å². The molecular weight excluding hydrogens is 296 g/mol. The molecule has 4 N–H and O–H groups in total. The Labute approximate surface area is 123 Å². The molecule has 0 aliphatic rings. The number of nitrogens with one attached hydrogen (secondary N) is 2. The van der Waals surface area contributed by atoms with E-state index in [4.69, 9.17) is 5.84 Å². The molecule has 0 aromatic heterocycles. The minimum Gasteiger partial charge on any atom is -0.318 e. The van der Waals surface area contributed by atoms with Crippen LogP contribution in [0.4, 0.5) is 11.4 Å². The Morgan fingerprint density at radius 2 is 1.90 bits per heavy atom. The summed E-state index contributed by atoms with van der Waals surface area (Å²) in [6, 6.07) is 2.35. The number of nitrogens with zero attached hydrogens (tertiary/aromatic N) is 1. The Balaban J connectivity index is 3.30. The molecule has 0 radical (unpaired) electrons. The van der Waals surface area contributed by atoms with Gasteiger partial charge >= 0.3 is 0 Å². The molecule has 0 amide bonds. The number of nitro groups is 1. The predicted octanol–water partition coefficient (Wildman–Crippen LogP) is 1.51. The first kappa shape index (κ1) is 17.3. The average Bonchev–Trinajstić information content (AvgIpc) is 2.34. The number of sulfonamides is 1. The van der Waals surface area contributed by atoms with Crippen molar-refractivity contribution >= 4 is 21.4 Å². The van der Waals surface area contributed by atoms with E-state index in [1.54, 1.807) is 6.92 Å². The molecule has 0 saturated heterocycles. The summed E-state index contributed by atoms with van der Waals surface area (Å²) in [4.78, 5) is 10.2. The van der Waals surface area contributed by atoms with Crippen LogP contribution in [0.2, 0.25) is 0 Å². The second-order valence-electron chi connectivity index (χ2n) is 5.92. The average molecular weight is 316 g/mol. The number of nitro benzene ring substituents is 1. The maximum atomic E-state index is 12.3. The van der Waals surface area contributed by atoms with E-state index in [1.807, 2.05) is 20.8 Å². The lowest BCUT2D eigenvalue weighted by molar-refractivity contribution is -0.384. The Bertz CT molecular complexity index is 650. The van der Waals surface area contributed by atoms with E-state index in [-0.39, 0.29) is 28.2 Å². The highest BCUT2D eigenvalue weighted by molar-refractivity contribution is 7.89. The number of hydrazine groups is 1. The van der Waals surface area contributed by atoms with Gasteiger partial charge in [0, 0.05) is 12.6 Å². The van der Waals surface area contributed by atoms with Crippen molar-refractivity contribution in [3.8, 4) is 0 Å². The molecule has 0 saturated carbocycles. The minimum atomic E-state index is -3.83. The lowest BCUT2D eigenvalue weighted by Gasteiger charge is -2.19. The van der Waals surface area contributed by atoms with E-state index in [1.165, 1.54) is 6.07 Å². The van der Waals surface area contributed by atoms with Gasteiger partial charge in [0.25, 0.3) is 5.69 Å². The van der Waals surface area contributed by atoms with Gasteiger partial charge in [-0.2, -0.15) is 0 Å². The third kappa shape index (κ3) is 4.38. The van der Waals surface area contributed by atoms with E-state index in [2.05, 4.69) is 10.1 Å². The molecule has 21 heavy (non-hydrogen) atoms. The molecule has 9 heteroatoms. The van der Waals surface area contributed by atoms with E-state index in [0.29, 0.717) is 5.56 Å². The van der Waals surface area contributed by atoms with Gasteiger partial charge in [0.15, 0.2) is 0 Å². The maximum Gasteiger partial charge on any atom is 0.295 e. The first-order valence-electron chi connectivity index (χ1n) is 6.23. The zero-order valence-corrected chi connectivity index (χ0v) is 13.2. The van der Waals surface area contributed by atoms with Crippen LogP contribution in [0.5, 0.6) is 0 Å². The molecule has 0 fully saturated rings. The van der Waals surface area contributed by atoms with Crippen molar-refractivity contribution in [3.05, 3.63) is 27.8 Å². The highest BCUT2D eigenvalue weighted by atomic mass is 32.2. The monoisotopic (exact) mass is 316 g/mol. The Morgan fingerprint density at radius 3 is 2.33 bits per heavy atom. The zero-order chi connectivity index (χ0) is 16.4. The van der Waals surface area contributed by atoms with Crippen LogP contribution in [0.1, 0.15) is 26.3 Å². The first-order chi connectivity index (χ1) is 9.48. The first-order valence-corrected chi connectivity index (χ1v) is 7.71. The molecule has 118 valence electrons. The second-order valence-corrected chi connectivity index (χ2v) is 7.66. The van der Waals surface area contributed by atoms with Crippen molar-refractivity contribution in [1.82, 2.24) is 4.72 Å². The highest BCUT2D eigenvalue weighted by Crippen LogP contribution is 2.30. The maximum absolute atomic E-state index is 12.3. The van der Waals surface area contributed by atoms with Crippen LogP contribution in [0.15, 0.2) is 17.0 Å². The third-order valence-corrected chi connectivity index (χ3v) is 4.27. The van der Waals surface area contributed by atoms with Gasteiger partial charge in [-0.3, -0.25) is 16.0 Å². The van der Waals surface area contributed by atoms with E-state index >= 15 is 0 Å². The molecule has 8 nitrogen and oxygen atoms in total. The lowest BCUT2D eigenvalue weighted by Crippen LogP contribution is -2.32. The van der Waals surface area contributed by atoms with Gasteiger partial charge in [-0.1, -0.05) is 20.8 Å². The SMILES string of the molecule is Cc1cc(NN)c([N+](=O)[O-])cc1S(=O)(=O)NCC(C)(C)C. The fourth-order valence-electron chi connectivity index (χ4n) is 1.62. The van der Waals surface area contributed by atoms with Crippen LogP contribution in [0.3, 0.4) is 0 Å². The smallest absolute Gasteiger partial charge is 0.295 e. The minimum absolute atomic E-state index is 0.0623. The third-order valence-electron chi connectivity index (χ3n) is 2.73. The van der Waals surface area contributed by atoms with Crippen LogP contribution in [-0.2, 0) is 10.0 Å². The standard InChI is InChI=1S/C12H20N4O4S/c1-8-5-9(15-13)10(16(17)18)6-11(8)21(19,20)14-7-12(2,3)4/h5-6,14-15H,7,13H2,1-4H3. The van der Waals surface area contributed by atoms with Crippen molar-refractivity contribution < 1.29 is 13.3 Å². The molecule has 0 atom stereocenters. The summed E-state index contributed by atoms with van der Waals surface area (Å²) in [5, 5.41) is 11.0. The van der Waals surface area contributed by atoms with Crippen molar-refractivity contribution in [2.24, 2.45) is 11.3 Å². The molecular formula is C12H20N4O4S. The lowest BCUT2D eigenvalue weighted by atomic mass is 9.98. The molecule has 0 aliphatic carbocycles. The fourth-order valence-corrected chi connectivity index (χ4v) is 3.15. The van der Waals surface area contributed by atoms with Crippen LogP contribution >= 0.6 is 0 Å². The predicted molar refractivity (Wildman–Crippen MR) is 80.3 cm³/mol. The van der Waals surface area contributed by atoms with Crippen LogP contribution in [0.25, 0.3) is 0 Å². The van der Waals surface area contributed by atoms with E-state index in [0.717, 1.165) is 6.07 Å². The molecule has 1 aromatic rings. The summed E-state index contributed by atoms with van der Waals surface area (Å²) < 4.78 is 27.0. The molecule has 1 rings (SSSR count). The second kappa shape index (κ2) is 5.96. The Kier molecular flexibility index (Phi) is 4.92. The van der Waals surface area contributed by atoms with Crippen molar-refractivity contribution in [3.63, 3.8) is 0 Å². The van der Waals surface area contributed by atoms with E-state index < -0.39 is 14.9 Å². The fraction of sp³-hybridized carbons (Fsp3) is 0.500. The number of anilines is 1. The number of benzene rings is 1. The quantitative estimate of drug-likeness (QED) is 0.429. The normalized spacial score (nSPS) is 12.2. The number of aryl methyl sites for hydroxylation is 1. The Morgan fingerprint density at radius 1 is 1.33 bits per heavy atom. The van der Waals surface area contributed by atoms with Gasteiger partial charge in [-0.25, -0.2) is 13.1 Å². The molecule has 1 aromatic carbocycles. The topological polar surface area (TPSA) is 127 Å². The van der Waals surface area contributed by atoms with E-state index in [9.17, 15) is 18.5 Å². The summed E-state index contributed by atoms with van der Waals surface area (Å²) in [6.07, 6.45) is 0. The number of nitrogens with two attached hydrogens (primary N) is 1. The number of rotatable bonds is 5. The van der Waals surface area contributed by atoms with Crippen LogP contribution in [0, 0.1) is 22.5 Å². The van der Waals surface area contributed by atoms with Gasteiger partial charge in [0.05, 0.1) is 9.82 Å². The molecule has 0 unspecified atom stereocenters. The van der Waals surface area contributed by atoms with Gasteiger partial charge in [-0.05, 0) is 24.0 Å². The summed E-state index contributed by atoms with van der Waals surface area (Å²) in [6.45, 7) is 7.42. The number of hydrogen-bond acceptors (Lipinski definition) is 6. The highest BCUT2D eigenvalue weighted by Gasteiger charge is 2.25. The summed E-state index contributed by atoms with van der Waals surface area (Å²) in [7, 11) is -3.83. The van der Waals surface area contributed by atoms with Crippen LogP contribution in [-0.4, -0.2) is 19.9 Å². The molecule has 0 spiro atoms. The summed E-state index contributed by atoms with van der Waals surface area (Å²) in [5.41, 5.74) is 1.99. The Hall–Kier alpha value is -1.71. The van der Waals surface area contributed by atoms with Crippen molar-refractivity contribution in [2.75, 3.05) is 12.0 Å². The summed E-state index contributed by atoms with van der Waals surface area (Å²) in [5.74, 6) is 5.21. The molecule has 0 aliphatic heterocycles. The molecule has 0 bridgehead atoms. The zero-order valence-electron chi connectivity index (χ0n) is 12.4. The van der Waals surface area contributed by atoms with Crippen LogP contribution < -0.4 is 16.0 Å².